The van der Waals surface area contributed by atoms with Crippen LogP contribution < -0.4 is 10.6 Å². The maximum absolute atomic E-state index is 5.87. The summed E-state index contributed by atoms with van der Waals surface area (Å²) in [5.41, 5.74) is 9.52. The van der Waals surface area contributed by atoms with Gasteiger partial charge in [-0.15, -0.1) is 0 Å². The molecule has 2 rings (SSSR count). The fourth-order valence-corrected chi connectivity index (χ4v) is 3.06. The molecule has 2 N–H and O–H groups in total. The molecule has 2 nitrogen and oxygen atoms in total. The Morgan fingerprint density at radius 2 is 1.88 bits per heavy atom. The van der Waals surface area contributed by atoms with E-state index in [0.717, 1.165) is 23.9 Å². The van der Waals surface area contributed by atoms with Crippen LogP contribution in [0.25, 0.3) is 0 Å². The molecule has 0 saturated carbocycles. The fourth-order valence-electron chi connectivity index (χ4n) is 3.06. The summed E-state index contributed by atoms with van der Waals surface area (Å²) in [6.45, 7) is 9.27. The van der Waals surface area contributed by atoms with Gasteiger partial charge < -0.3 is 10.6 Å². The van der Waals surface area contributed by atoms with Crippen LogP contribution in [0, 0.1) is 11.8 Å². The molecular formula is C15H24N2. The Morgan fingerprint density at radius 1 is 1.24 bits per heavy atom. The third kappa shape index (κ3) is 2.74. The minimum atomic E-state index is 0.793. The third-order valence-electron chi connectivity index (χ3n) is 3.69. The highest BCUT2D eigenvalue weighted by Gasteiger charge is 2.23. The number of anilines is 2. The van der Waals surface area contributed by atoms with Crippen molar-refractivity contribution in [2.24, 2.45) is 11.8 Å². The summed E-state index contributed by atoms with van der Waals surface area (Å²) in [6.07, 6.45) is 2.41. The molecule has 0 aromatic heterocycles. The van der Waals surface area contributed by atoms with E-state index in [4.69, 9.17) is 5.73 Å². The zero-order chi connectivity index (χ0) is 12.4. The van der Waals surface area contributed by atoms with Crippen molar-refractivity contribution < 1.29 is 0 Å². The third-order valence-corrected chi connectivity index (χ3v) is 3.69. The monoisotopic (exact) mass is 232 g/mol. The van der Waals surface area contributed by atoms with Crippen molar-refractivity contribution in [1.82, 2.24) is 0 Å². The molecule has 1 aromatic rings. The molecule has 1 heterocycles. The quantitative estimate of drug-likeness (QED) is 0.793. The minimum absolute atomic E-state index is 0.793. The van der Waals surface area contributed by atoms with Gasteiger partial charge in [0.1, 0.15) is 0 Å². The van der Waals surface area contributed by atoms with Crippen molar-refractivity contribution in [3.8, 4) is 0 Å². The second-order valence-corrected chi connectivity index (χ2v) is 5.59. The molecule has 17 heavy (non-hydrogen) atoms. The smallest absolute Gasteiger partial charge is 0.0400 e. The van der Waals surface area contributed by atoms with Crippen LogP contribution >= 0.6 is 0 Å². The lowest BCUT2D eigenvalue weighted by Gasteiger charge is -2.37. The van der Waals surface area contributed by atoms with Crippen LogP contribution in [0.15, 0.2) is 18.2 Å². The van der Waals surface area contributed by atoms with Gasteiger partial charge in [0.2, 0.25) is 0 Å². The maximum atomic E-state index is 5.87. The van der Waals surface area contributed by atoms with Crippen LogP contribution in [0.3, 0.4) is 0 Å². The zero-order valence-electron chi connectivity index (χ0n) is 11.2. The molecule has 0 spiro atoms. The summed E-state index contributed by atoms with van der Waals surface area (Å²) in [5, 5.41) is 0. The Labute approximate surface area is 105 Å². The molecule has 2 atom stereocenters. The van der Waals surface area contributed by atoms with Gasteiger partial charge in [0.05, 0.1) is 0 Å². The average Bonchev–Trinajstić information content (AvgIpc) is 2.27. The highest BCUT2D eigenvalue weighted by molar-refractivity contribution is 5.60. The van der Waals surface area contributed by atoms with Crippen molar-refractivity contribution in [2.45, 2.75) is 33.6 Å². The highest BCUT2D eigenvalue weighted by atomic mass is 15.1. The van der Waals surface area contributed by atoms with Gasteiger partial charge >= 0.3 is 0 Å². The molecule has 0 unspecified atom stereocenters. The average molecular weight is 232 g/mol. The second-order valence-electron chi connectivity index (χ2n) is 5.59. The molecule has 1 aromatic carbocycles. The lowest BCUT2D eigenvalue weighted by molar-refractivity contribution is 0.356. The van der Waals surface area contributed by atoms with Crippen LogP contribution in [0.5, 0.6) is 0 Å². The highest BCUT2D eigenvalue weighted by Crippen LogP contribution is 2.30. The van der Waals surface area contributed by atoms with Crippen molar-refractivity contribution in [3.05, 3.63) is 23.8 Å². The number of benzene rings is 1. The van der Waals surface area contributed by atoms with E-state index in [9.17, 15) is 0 Å². The first-order chi connectivity index (χ1) is 8.10. The van der Waals surface area contributed by atoms with Gasteiger partial charge in [-0.25, -0.2) is 0 Å². The zero-order valence-corrected chi connectivity index (χ0v) is 11.2. The van der Waals surface area contributed by atoms with Crippen molar-refractivity contribution >= 4 is 11.4 Å². The summed E-state index contributed by atoms with van der Waals surface area (Å²) in [6, 6.07) is 6.34. The number of piperidine rings is 1. The summed E-state index contributed by atoms with van der Waals surface area (Å²) < 4.78 is 0. The topological polar surface area (TPSA) is 29.3 Å². The van der Waals surface area contributed by atoms with Crippen molar-refractivity contribution in [2.75, 3.05) is 23.7 Å². The van der Waals surface area contributed by atoms with Crippen molar-refractivity contribution in [1.29, 1.82) is 0 Å². The van der Waals surface area contributed by atoms with Gasteiger partial charge in [0, 0.05) is 24.5 Å². The van der Waals surface area contributed by atoms with E-state index in [1.54, 1.807) is 0 Å². The van der Waals surface area contributed by atoms with E-state index in [1.165, 1.54) is 30.8 Å². The number of hydrogen-bond donors (Lipinski definition) is 1. The minimum Gasteiger partial charge on any atom is -0.399 e. The molecule has 1 saturated heterocycles. The number of nitrogens with zero attached hydrogens (tertiary/aromatic N) is 1. The molecule has 1 aliphatic rings. The first-order valence-electron chi connectivity index (χ1n) is 6.73. The number of nitrogen functional groups attached to an aromatic ring is 1. The molecule has 0 amide bonds. The molecule has 0 radical (unpaired) electrons. The fraction of sp³-hybridized carbons (Fsp3) is 0.600. The van der Waals surface area contributed by atoms with Gasteiger partial charge in [-0.3, -0.25) is 0 Å². The molecular weight excluding hydrogens is 208 g/mol. The Hall–Kier alpha value is -1.18. The lowest BCUT2D eigenvalue weighted by atomic mass is 9.91. The van der Waals surface area contributed by atoms with Gasteiger partial charge in [-0.2, -0.15) is 0 Å². The van der Waals surface area contributed by atoms with E-state index in [0.29, 0.717) is 0 Å². The van der Waals surface area contributed by atoms with Crippen molar-refractivity contribution in [3.63, 3.8) is 0 Å². The largest absolute Gasteiger partial charge is 0.399 e. The Bertz CT molecular complexity index is 377. The number of nitrogens with two attached hydrogens (primary N) is 1. The van der Waals surface area contributed by atoms with E-state index < -0.39 is 0 Å². The molecule has 94 valence electrons. The van der Waals surface area contributed by atoms with Crippen LogP contribution in [-0.2, 0) is 6.42 Å². The maximum Gasteiger partial charge on any atom is 0.0400 e. The summed E-state index contributed by atoms with van der Waals surface area (Å²) >= 11 is 0. The van der Waals surface area contributed by atoms with E-state index >= 15 is 0 Å². The van der Waals surface area contributed by atoms with Crippen LogP contribution in [-0.4, -0.2) is 13.1 Å². The van der Waals surface area contributed by atoms with E-state index in [-0.39, 0.29) is 0 Å². The van der Waals surface area contributed by atoms with Gasteiger partial charge in [-0.05, 0) is 48.4 Å². The van der Waals surface area contributed by atoms with E-state index in [1.807, 2.05) is 6.07 Å². The number of rotatable bonds is 2. The Kier molecular flexibility index (Phi) is 3.60. The predicted molar refractivity (Wildman–Crippen MR) is 75.4 cm³/mol. The second kappa shape index (κ2) is 4.99. The summed E-state index contributed by atoms with van der Waals surface area (Å²) in [4.78, 5) is 2.54. The van der Waals surface area contributed by atoms with Gasteiger partial charge in [0.25, 0.3) is 0 Å². The Morgan fingerprint density at radius 3 is 2.47 bits per heavy atom. The standard InChI is InChI=1S/C15H24N2/c1-4-13-8-14(16)5-6-15(13)17-9-11(2)7-12(3)10-17/h5-6,8,11-12H,4,7,9-10,16H2,1-3H3/t11-,12+. The van der Waals surface area contributed by atoms with E-state index in [2.05, 4.69) is 37.8 Å². The van der Waals surface area contributed by atoms with Gasteiger partial charge in [0.15, 0.2) is 0 Å². The summed E-state index contributed by atoms with van der Waals surface area (Å²) in [5.74, 6) is 1.59. The number of hydrogen-bond acceptors (Lipinski definition) is 2. The number of aryl methyl sites for hydroxylation is 1. The first-order valence-corrected chi connectivity index (χ1v) is 6.73. The first kappa shape index (κ1) is 12.3. The molecule has 1 aliphatic heterocycles. The van der Waals surface area contributed by atoms with Crippen LogP contribution in [0.4, 0.5) is 11.4 Å². The molecule has 0 aliphatic carbocycles. The lowest BCUT2D eigenvalue weighted by Crippen LogP contribution is -2.39. The van der Waals surface area contributed by atoms with Crippen LogP contribution in [0.1, 0.15) is 32.8 Å². The van der Waals surface area contributed by atoms with Crippen LogP contribution in [0.2, 0.25) is 0 Å². The molecule has 2 heteroatoms. The molecule has 1 fully saturated rings. The predicted octanol–water partition coefficient (Wildman–Crippen LogP) is 3.31. The molecule has 0 bridgehead atoms. The normalized spacial score (nSPS) is 25.0. The Balaban J connectivity index is 2.26. The van der Waals surface area contributed by atoms with Gasteiger partial charge in [-0.1, -0.05) is 20.8 Å². The SMILES string of the molecule is CCc1cc(N)ccc1N1C[C@H](C)C[C@H](C)C1. The summed E-state index contributed by atoms with van der Waals surface area (Å²) in [7, 11) is 0.